The third-order valence-corrected chi connectivity index (χ3v) is 5.21. The van der Waals surface area contributed by atoms with Crippen LogP contribution in [0.2, 0.25) is 0 Å². The molecule has 10 heteroatoms. The van der Waals surface area contributed by atoms with E-state index in [2.05, 4.69) is 13.2 Å². The van der Waals surface area contributed by atoms with Crippen LogP contribution in [0, 0.1) is 5.92 Å². The molecule has 0 heterocycles. The number of carbonyl (C=O) groups excluding carboxylic acids is 3. The molecular formula is C22H36O9S. The highest BCUT2D eigenvalue weighted by Gasteiger charge is 2.24. The van der Waals surface area contributed by atoms with Crippen molar-refractivity contribution in [2.75, 3.05) is 25.6 Å². The van der Waals surface area contributed by atoms with Crippen LogP contribution in [0.1, 0.15) is 65.2 Å². The van der Waals surface area contributed by atoms with Gasteiger partial charge in [0.25, 0.3) is 10.1 Å². The molecule has 9 nitrogen and oxygen atoms in total. The van der Waals surface area contributed by atoms with E-state index >= 15 is 0 Å². The van der Waals surface area contributed by atoms with Gasteiger partial charge in [0.2, 0.25) is 0 Å². The van der Waals surface area contributed by atoms with Gasteiger partial charge < -0.3 is 14.2 Å². The van der Waals surface area contributed by atoms with Gasteiger partial charge in [0, 0.05) is 11.1 Å². The van der Waals surface area contributed by atoms with Crippen LogP contribution in [-0.4, -0.2) is 56.5 Å². The molecule has 0 aromatic rings. The second-order valence-corrected chi connectivity index (χ2v) is 9.31. The maximum atomic E-state index is 12.3. The SMILES string of the molecule is C=C(C)C(=O)OCC(COC(=O)C(=C)C)C(=O)OCCCCCCCCCCS(=O)(=O)O. The molecule has 0 aliphatic carbocycles. The highest BCUT2D eigenvalue weighted by molar-refractivity contribution is 7.85. The lowest BCUT2D eigenvalue weighted by Gasteiger charge is -2.16. The van der Waals surface area contributed by atoms with Crippen LogP contribution < -0.4 is 0 Å². The second-order valence-electron chi connectivity index (χ2n) is 7.74. The number of carbonyl (C=O) groups is 3. The van der Waals surface area contributed by atoms with E-state index in [4.69, 9.17) is 18.8 Å². The number of rotatable bonds is 18. The topological polar surface area (TPSA) is 133 Å². The van der Waals surface area contributed by atoms with Crippen molar-refractivity contribution in [3.05, 3.63) is 24.3 Å². The standard InChI is InChI=1S/C22H36O9S/c1-17(2)20(23)30-15-19(16-31-21(24)18(3)4)22(25)29-13-11-9-7-5-6-8-10-12-14-32(26,27)28/h19H,1,3,5-16H2,2,4H3,(H,26,27,28). The van der Waals surface area contributed by atoms with E-state index in [0.29, 0.717) is 12.8 Å². The predicted molar refractivity (Wildman–Crippen MR) is 119 cm³/mol. The number of hydrogen-bond donors (Lipinski definition) is 1. The number of unbranched alkanes of at least 4 members (excludes halogenated alkanes) is 7. The van der Waals surface area contributed by atoms with Gasteiger partial charge in [-0.2, -0.15) is 8.42 Å². The Morgan fingerprint density at radius 2 is 1.16 bits per heavy atom. The van der Waals surface area contributed by atoms with Crippen molar-refractivity contribution in [3.63, 3.8) is 0 Å². The first-order chi connectivity index (χ1) is 14.9. The lowest BCUT2D eigenvalue weighted by Crippen LogP contribution is -2.30. The molecule has 0 aromatic heterocycles. The first-order valence-electron chi connectivity index (χ1n) is 10.7. The minimum atomic E-state index is -3.87. The lowest BCUT2D eigenvalue weighted by atomic mass is 10.1. The predicted octanol–water partition coefficient (Wildman–Crippen LogP) is 3.39. The van der Waals surface area contributed by atoms with Gasteiger partial charge in [0.1, 0.15) is 19.1 Å². The molecule has 0 rings (SSSR count). The zero-order valence-corrected chi connectivity index (χ0v) is 19.9. The van der Waals surface area contributed by atoms with E-state index in [1.54, 1.807) is 0 Å². The summed E-state index contributed by atoms with van der Waals surface area (Å²) < 4.78 is 45.1. The second kappa shape index (κ2) is 16.4. The molecule has 1 N–H and O–H groups in total. The fraction of sp³-hybridized carbons (Fsp3) is 0.682. The van der Waals surface area contributed by atoms with Crippen molar-refractivity contribution in [1.82, 2.24) is 0 Å². The van der Waals surface area contributed by atoms with Gasteiger partial charge in [-0.1, -0.05) is 51.7 Å². The highest BCUT2D eigenvalue weighted by Crippen LogP contribution is 2.11. The Labute approximate surface area is 190 Å². The summed E-state index contributed by atoms with van der Waals surface area (Å²) in [7, 11) is -3.87. The van der Waals surface area contributed by atoms with Crippen molar-refractivity contribution in [2.45, 2.75) is 65.2 Å². The summed E-state index contributed by atoms with van der Waals surface area (Å²) in [5, 5.41) is 0. The van der Waals surface area contributed by atoms with E-state index in [1.165, 1.54) is 13.8 Å². The summed E-state index contributed by atoms with van der Waals surface area (Å²) in [6.45, 7) is 9.53. The molecule has 0 saturated carbocycles. The third kappa shape index (κ3) is 16.5. The van der Waals surface area contributed by atoms with Gasteiger partial charge in [0.05, 0.1) is 12.4 Å². The largest absolute Gasteiger partial charge is 0.465 e. The Hall–Kier alpha value is -2.20. The monoisotopic (exact) mass is 476 g/mol. The summed E-state index contributed by atoms with van der Waals surface area (Å²) in [6.07, 6.45) is 6.54. The van der Waals surface area contributed by atoms with Gasteiger partial charge in [-0.25, -0.2) is 9.59 Å². The van der Waals surface area contributed by atoms with Crippen LogP contribution >= 0.6 is 0 Å². The Kier molecular flexibility index (Phi) is 15.3. The number of ether oxygens (including phenoxy) is 3. The normalized spacial score (nSPS) is 11.1. The molecule has 0 amide bonds. The number of hydrogen-bond acceptors (Lipinski definition) is 8. The van der Waals surface area contributed by atoms with Crippen molar-refractivity contribution in [3.8, 4) is 0 Å². The molecule has 0 atom stereocenters. The van der Waals surface area contributed by atoms with E-state index in [0.717, 1.165) is 38.5 Å². The molecule has 0 aliphatic heterocycles. The van der Waals surface area contributed by atoms with E-state index in [-0.39, 0.29) is 36.7 Å². The van der Waals surface area contributed by atoms with Gasteiger partial charge in [0.15, 0.2) is 0 Å². The van der Waals surface area contributed by atoms with Crippen LogP contribution in [0.25, 0.3) is 0 Å². The van der Waals surface area contributed by atoms with Gasteiger partial charge >= 0.3 is 17.9 Å². The van der Waals surface area contributed by atoms with E-state index in [1.807, 2.05) is 0 Å². The van der Waals surface area contributed by atoms with Gasteiger partial charge in [-0.05, 0) is 26.7 Å². The van der Waals surface area contributed by atoms with E-state index in [9.17, 15) is 22.8 Å². The van der Waals surface area contributed by atoms with Crippen LogP contribution in [0.5, 0.6) is 0 Å². The zero-order valence-electron chi connectivity index (χ0n) is 19.1. The maximum Gasteiger partial charge on any atom is 0.333 e. The molecular weight excluding hydrogens is 440 g/mol. The Balaban J connectivity index is 4.12. The zero-order chi connectivity index (χ0) is 24.6. The first-order valence-corrected chi connectivity index (χ1v) is 12.3. The molecule has 0 spiro atoms. The fourth-order valence-corrected chi connectivity index (χ4v) is 3.09. The van der Waals surface area contributed by atoms with Gasteiger partial charge in [-0.15, -0.1) is 0 Å². The summed E-state index contributed by atoms with van der Waals surface area (Å²) in [4.78, 5) is 35.4. The van der Waals surface area contributed by atoms with E-state index < -0.39 is 33.9 Å². The summed E-state index contributed by atoms with van der Waals surface area (Å²) in [6, 6.07) is 0. The third-order valence-electron chi connectivity index (χ3n) is 4.40. The molecule has 0 aliphatic rings. The van der Waals surface area contributed by atoms with Crippen molar-refractivity contribution < 1.29 is 41.6 Å². The first kappa shape index (κ1) is 29.8. The quantitative estimate of drug-likeness (QED) is 0.104. The summed E-state index contributed by atoms with van der Waals surface area (Å²) in [5.41, 5.74) is 0.379. The molecule has 32 heavy (non-hydrogen) atoms. The summed E-state index contributed by atoms with van der Waals surface area (Å²) in [5.74, 6) is -3.05. The maximum absolute atomic E-state index is 12.3. The van der Waals surface area contributed by atoms with Gasteiger partial charge in [-0.3, -0.25) is 9.35 Å². The molecule has 184 valence electrons. The average molecular weight is 477 g/mol. The fourth-order valence-electron chi connectivity index (χ4n) is 2.52. The molecule has 0 saturated heterocycles. The summed E-state index contributed by atoms with van der Waals surface area (Å²) >= 11 is 0. The van der Waals surface area contributed by atoms with Crippen LogP contribution in [0.15, 0.2) is 24.3 Å². The molecule has 0 unspecified atom stereocenters. The number of esters is 3. The lowest BCUT2D eigenvalue weighted by molar-refractivity contribution is -0.158. The van der Waals surface area contributed by atoms with Crippen LogP contribution in [-0.2, 0) is 38.7 Å². The average Bonchev–Trinajstić information content (AvgIpc) is 2.70. The van der Waals surface area contributed by atoms with Crippen molar-refractivity contribution in [2.24, 2.45) is 5.92 Å². The molecule has 0 bridgehead atoms. The van der Waals surface area contributed by atoms with Crippen molar-refractivity contribution >= 4 is 28.0 Å². The Bertz CT molecular complexity index is 711. The van der Waals surface area contributed by atoms with Crippen molar-refractivity contribution in [1.29, 1.82) is 0 Å². The minimum Gasteiger partial charge on any atom is -0.465 e. The van der Waals surface area contributed by atoms with Crippen LogP contribution in [0.3, 0.4) is 0 Å². The molecule has 0 aromatic carbocycles. The Morgan fingerprint density at radius 3 is 1.56 bits per heavy atom. The van der Waals surface area contributed by atoms with Crippen LogP contribution in [0.4, 0.5) is 0 Å². The highest BCUT2D eigenvalue weighted by atomic mass is 32.2. The smallest absolute Gasteiger partial charge is 0.333 e. The molecule has 0 fully saturated rings. The molecule has 0 radical (unpaired) electrons. The minimum absolute atomic E-state index is 0.189. The Morgan fingerprint density at radius 1 is 0.750 bits per heavy atom.